The first-order chi connectivity index (χ1) is 14.5. The minimum Gasteiger partial charge on any atom is -0.497 e. The number of sulfonamides is 1. The lowest BCUT2D eigenvalue weighted by molar-refractivity contribution is 0.102. The molecule has 0 spiro atoms. The van der Waals surface area contributed by atoms with Gasteiger partial charge in [-0.2, -0.15) is 0 Å². The zero-order valence-corrected chi connectivity index (χ0v) is 17.9. The van der Waals surface area contributed by atoms with E-state index in [0.717, 1.165) is 17.7 Å². The third-order valence-electron chi connectivity index (χ3n) is 4.73. The van der Waals surface area contributed by atoms with Gasteiger partial charge in [0, 0.05) is 17.7 Å². The van der Waals surface area contributed by atoms with Gasteiger partial charge in [0.2, 0.25) is 15.2 Å². The van der Waals surface area contributed by atoms with E-state index in [0.29, 0.717) is 34.4 Å². The lowest BCUT2D eigenvalue weighted by Gasteiger charge is -2.28. The van der Waals surface area contributed by atoms with E-state index < -0.39 is 10.0 Å². The van der Waals surface area contributed by atoms with E-state index in [1.54, 1.807) is 31.4 Å². The predicted molar refractivity (Wildman–Crippen MR) is 117 cm³/mol. The summed E-state index contributed by atoms with van der Waals surface area (Å²) in [6.45, 7) is 0.426. The Balaban J connectivity index is 1.50. The molecule has 4 rings (SSSR count). The molecule has 0 atom stereocenters. The lowest BCUT2D eigenvalue weighted by Crippen LogP contribution is -2.37. The van der Waals surface area contributed by atoms with Crippen molar-refractivity contribution >= 4 is 38.1 Å². The Hall–Kier alpha value is -2.98. The van der Waals surface area contributed by atoms with E-state index in [-0.39, 0.29) is 11.7 Å². The smallest absolute Gasteiger partial charge is 0.257 e. The van der Waals surface area contributed by atoms with Crippen molar-refractivity contribution < 1.29 is 17.9 Å². The largest absolute Gasteiger partial charge is 0.497 e. The van der Waals surface area contributed by atoms with Crippen LogP contribution >= 0.6 is 11.3 Å². The Labute approximate surface area is 178 Å². The van der Waals surface area contributed by atoms with E-state index in [1.165, 1.54) is 15.6 Å². The standard InChI is InChI=1S/C20H20N4O4S2/c1-28-17-9-7-14(8-10-17)19-22-23-20(29-19)21-18(25)15-5-4-6-16(13-15)24-11-2-3-12-30(24,26)27/h4-10,13H,2-3,11-12H2,1H3,(H,21,23,25). The fourth-order valence-corrected chi connectivity index (χ4v) is 5.55. The van der Waals surface area contributed by atoms with Gasteiger partial charge in [0.15, 0.2) is 0 Å². The van der Waals surface area contributed by atoms with E-state index in [1.807, 2.05) is 24.3 Å². The maximum atomic E-state index is 12.7. The molecule has 1 N–H and O–H groups in total. The van der Waals surface area contributed by atoms with Crippen LogP contribution in [-0.4, -0.2) is 43.9 Å². The minimum absolute atomic E-state index is 0.127. The first-order valence-electron chi connectivity index (χ1n) is 9.36. The van der Waals surface area contributed by atoms with Crippen molar-refractivity contribution in [2.45, 2.75) is 12.8 Å². The number of nitrogens with one attached hydrogen (secondary N) is 1. The van der Waals surface area contributed by atoms with Crippen LogP contribution in [0.4, 0.5) is 10.8 Å². The molecular weight excluding hydrogens is 424 g/mol. The second-order valence-corrected chi connectivity index (χ2v) is 9.73. The van der Waals surface area contributed by atoms with Gasteiger partial charge in [-0.3, -0.25) is 14.4 Å². The fourth-order valence-electron chi connectivity index (χ4n) is 3.17. The molecule has 0 unspecified atom stereocenters. The molecule has 0 saturated carbocycles. The average Bonchev–Trinajstić information content (AvgIpc) is 3.22. The van der Waals surface area contributed by atoms with Crippen molar-refractivity contribution in [2.75, 3.05) is 29.0 Å². The summed E-state index contributed by atoms with van der Waals surface area (Å²) in [4.78, 5) is 12.7. The van der Waals surface area contributed by atoms with E-state index in [4.69, 9.17) is 4.74 Å². The SMILES string of the molecule is COc1ccc(-c2nnc(NC(=O)c3cccc(N4CCCCS4(=O)=O)c3)s2)cc1. The van der Waals surface area contributed by atoms with Crippen molar-refractivity contribution in [3.63, 3.8) is 0 Å². The van der Waals surface area contributed by atoms with Gasteiger partial charge in [0.1, 0.15) is 10.8 Å². The van der Waals surface area contributed by atoms with Crippen molar-refractivity contribution in [1.29, 1.82) is 0 Å². The van der Waals surface area contributed by atoms with Gasteiger partial charge >= 0.3 is 0 Å². The van der Waals surface area contributed by atoms with Crippen LogP contribution in [0.1, 0.15) is 23.2 Å². The van der Waals surface area contributed by atoms with Gasteiger partial charge in [0.25, 0.3) is 5.91 Å². The molecule has 3 aromatic rings. The summed E-state index contributed by atoms with van der Waals surface area (Å²) in [6.07, 6.45) is 1.46. The molecule has 156 valence electrons. The van der Waals surface area contributed by atoms with Gasteiger partial charge < -0.3 is 4.74 Å². The highest BCUT2D eigenvalue weighted by Gasteiger charge is 2.26. The highest BCUT2D eigenvalue weighted by Crippen LogP contribution is 2.29. The highest BCUT2D eigenvalue weighted by atomic mass is 32.2. The van der Waals surface area contributed by atoms with Crippen LogP contribution in [0.2, 0.25) is 0 Å². The topological polar surface area (TPSA) is 101 Å². The van der Waals surface area contributed by atoms with E-state index >= 15 is 0 Å². The third kappa shape index (κ3) is 4.29. The van der Waals surface area contributed by atoms with Crippen molar-refractivity contribution in [2.24, 2.45) is 0 Å². The number of hydrogen-bond donors (Lipinski definition) is 1. The number of carbonyl (C=O) groups is 1. The maximum Gasteiger partial charge on any atom is 0.257 e. The van der Waals surface area contributed by atoms with Crippen LogP contribution in [-0.2, 0) is 10.0 Å². The molecule has 0 bridgehead atoms. The van der Waals surface area contributed by atoms with E-state index in [9.17, 15) is 13.2 Å². The molecule has 1 amide bonds. The lowest BCUT2D eigenvalue weighted by atomic mass is 10.2. The predicted octanol–water partition coefficient (Wildman–Crippen LogP) is 3.40. The molecule has 8 nitrogen and oxygen atoms in total. The summed E-state index contributed by atoms with van der Waals surface area (Å²) >= 11 is 1.25. The maximum absolute atomic E-state index is 12.7. The molecular formula is C20H20N4O4S2. The first kappa shape index (κ1) is 20.3. The number of aromatic nitrogens is 2. The number of amides is 1. The summed E-state index contributed by atoms with van der Waals surface area (Å²) < 4.78 is 31.2. The average molecular weight is 445 g/mol. The molecule has 30 heavy (non-hydrogen) atoms. The molecule has 1 aliphatic rings. The number of nitrogens with zero attached hydrogens (tertiary/aromatic N) is 3. The Bertz CT molecular complexity index is 1160. The normalized spacial score (nSPS) is 15.6. The third-order valence-corrected chi connectivity index (χ3v) is 7.49. The second-order valence-electron chi connectivity index (χ2n) is 6.74. The molecule has 1 saturated heterocycles. The quantitative estimate of drug-likeness (QED) is 0.647. The number of carbonyl (C=O) groups excluding carboxylic acids is 1. The zero-order chi connectivity index (χ0) is 21.1. The Morgan fingerprint density at radius 2 is 1.93 bits per heavy atom. The number of methoxy groups -OCH3 is 1. The monoisotopic (exact) mass is 444 g/mol. The van der Waals surface area contributed by atoms with Crippen LogP contribution in [0.15, 0.2) is 48.5 Å². The van der Waals surface area contributed by atoms with Gasteiger partial charge in [0.05, 0.1) is 18.6 Å². The summed E-state index contributed by atoms with van der Waals surface area (Å²) in [7, 11) is -1.74. The van der Waals surface area contributed by atoms with Crippen LogP contribution < -0.4 is 14.4 Å². The number of rotatable bonds is 5. The van der Waals surface area contributed by atoms with Crippen LogP contribution in [0, 0.1) is 0 Å². The summed E-state index contributed by atoms with van der Waals surface area (Å²) in [5.41, 5.74) is 1.72. The van der Waals surface area contributed by atoms with Gasteiger partial charge in [-0.25, -0.2) is 8.42 Å². The van der Waals surface area contributed by atoms with Gasteiger partial charge in [-0.05, 0) is 55.3 Å². The molecule has 1 aliphatic heterocycles. The molecule has 0 aliphatic carbocycles. The Morgan fingerprint density at radius 3 is 2.67 bits per heavy atom. The fraction of sp³-hybridized carbons (Fsp3) is 0.250. The second kappa shape index (κ2) is 8.41. The number of anilines is 2. The molecule has 2 aromatic carbocycles. The number of hydrogen-bond acceptors (Lipinski definition) is 7. The molecule has 1 fully saturated rings. The minimum atomic E-state index is -3.34. The van der Waals surface area contributed by atoms with Crippen molar-refractivity contribution in [3.05, 3.63) is 54.1 Å². The molecule has 10 heteroatoms. The summed E-state index contributed by atoms with van der Waals surface area (Å²) in [6, 6.07) is 14.0. The Kier molecular flexibility index (Phi) is 5.69. The van der Waals surface area contributed by atoms with Crippen molar-refractivity contribution in [1.82, 2.24) is 10.2 Å². The molecule has 1 aromatic heterocycles. The summed E-state index contributed by atoms with van der Waals surface area (Å²) in [5, 5.41) is 11.9. The van der Waals surface area contributed by atoms with Gasteiger partial charge in [-0.1, -0.05) is 17.4 Å². The molecule has 2 heterocycles. The summed E-state index contributed by atoms with van der Waals surface area (Å²) in [5.74, 6) is 0.499. The number of ether oxygens (including phenoxy) is 1. The molecule has 0 radical (unpaired) electrons. The van der Waals surface area contributed by atoms with Gasteiger partial charge in [-0.15, -0.1) is 10.2 Å². The van der Waals surface area contributed by atoms with Crippen LogP contribution in [0.3, 0.4) is 0 Å². The van der Waals surface area contributed by atoms with Crippen molar-refractivity contribution in [3.8, 4) is 16.3 Å². The van der Waals surface area contributed by atoms with Crippen LogP contribution in [0.25, 0.3) is 10.6 Å². The van der Waals surface area contributed by atoms with Crippen LogP contribution in [0.5, 0.6) is 5.75 Å². The highest BCUT2D eigenvalue weighted by molar-refractivity contribution is 7.92. The zero-order valence-electron chi connectivity index (χ0n) is 16.2. The Morgan fingerprint density at radius 1 is 1.13 bits per heavy atom. The number of benzene rings is 2. The first-order valence-corrected chi connectivity index (χ1v) is 11.8. The van der Waals surface area contributed by atoms with E-state index in [2.05, 4.69) is 15.5 Å².